The van der Waals surface area contributed by atoms with Gasteiger partial charge in [-0.2, -0.15) is 8.78 Å². The molecule has 1 heterocycles. The van der Waals surface area contributed by atoms with E-state index in [2.05, 4.69) is 10.1 Å². The van der Waals surface area contributed by atoms with E-state index in [-0.39, 0.29) is 10.1 Å². The molecule has 0 amide bonds. The summed E-state index contributed by atoms with van der Waals surface area (Å²) in [5.41, 5.74) is 0.968. The van der Waals surface area contributed by atoms with E-state index in [0.717, 1.165) is 16.9 Å². The lowest BCUT2D eigenvalue weighted by Gasteiger charge is -1.97. The number of allylic oxidation sites excluding steroid dienone is 1. The van der Waals surface area contributed by atoms with Gasteiger partial charge in [0.15, 0.2) is 10.2 Å². The van der Waals surface area contributed by atoms with Gasteiger partial charge in [0.05, 0.1) is 21.9 Å². The number of oxime groups is 1. The summed E-state index contributed by atoms with van der Waals surface area (Å²) in [4.78, 5) is 9.65. The number of halogens is 3. The molecule has 0 aliphatic heterocycles. The number of hydrogen-bond acceptors (Lipinski definition) is 5. The zero-order valence-electron chi connectivity index (χ0n) is 12.3. The number of benzene rings is 1. The number of rotatable bonds is 8. The van der Waals surface area contributed by atoms with E-state index < -0.39 is 29.1 Å². The third kappa shape index (κ3) is 5.89. The first-order valence-corrected chi connectivity index (χ1v) is 8.93. The van der Waals surface area contributed by atoms with Gasteiger partial charge in [0.25, 0.3) is 0 Å². The summed E-state index contributed by atoms with van der Waals surface area (Å²) in [6, 6.07) is 9.48. The molecule has 1 aromatic heterocycles. The summed E-state index contributed by atoms with van der Waals surface area (Å²) in [6.45, 7) is 0.315. The zero-order valence-corrected chi connectivity index (χ0v) is 14.0. The van der Waals surface area contributed by atoms with Gasteiger partial charge in [0, 0.05) is 18.4 Å². The highest BCUT2D eigenvalue weighted by molar-refractivity contribution is 7.87. The van der Waals surface area contributed by atoms with E-state index in [9.17, 15) is 17.4 Å². The molecule has 0 saturated heterocycles. The van der Waals surface area contributed by atoms with E-state index in [4.69, 9.17) is 4.84 Å². The van der Waals surface area contributed by atoms with Crippen LogP contribution in [-0.4, -0.2) is 21.2 Å². The minimum absolute atomic E-state index is 0.228. The smallest absolute Gasteiger partial charge is 0.301 e. The summed E-state index contributed by atoms with van der Waals surface area (Å²) in [7, 11) is -1.64. The van der Waals surface area contributed by atoms with Crippen molar-refractivity contribution in [2.24, 2.45) is 5.16 Å². The van der Waals surface area contributed by atoms with Crippen LogP contribution >= 0.6 is 11.3 Å². The van der Waals surface area contributed by atoms with Crippen LogP contribution in [0.2, 0.25) is 0 Å². The van der Waals surface area contributed by atoms with Crippen molar-refractivity contribution in [2.75, 3.05) is 5.75 Å². The van der Waals surface area contributed by atoms with Gasteiger partial charge in [0.2, 0.25) is 0 Å². The van der Waals surface area contributed by atoms with Crippen LogP contribution in [0.25, 0.3) is 0 Å². The Morgan fingerprint density at radius 3 is 2.75 bits per heavy atom. The Hall–Kier alpha value is -2.00. The van der Waals surface area contributed by atoms with Gasteiger partial charge in [-0.1, -0.05) is 35.5 Å². The van der Waals surface area contributed by atoms with Crippen LogP contribution in [0, 0.1) is 0 Å². The highest BCUT2D eigenvalue weighted by Crippen LogP contribution is 2.19. The summed E-state index contributed by atoms with van der Waals surface area (Å²) in [5.74, 6) is -1.80. The van der Waals surface area contributed by atoms with Crippen LogP contribution in [0.1, 0.15) is 16.9 Å². The molecule has 0 saturated carbocycles. The summed E-state index contributed by atoms with van der Waals surface area (Å²) in [6.07, 6.45) is -0.106. The molecule has 0 radical (unpaired) electrons. The van der Waals surface area contributed by atoms with Crippen LogP contribution in [-0.2, 0) is 22.2 Å². The molecule has 1 aromatic carbocycles. The quantitative estimate of drug-likeness (QED) is 0.512. The first-order chi connectivity index (χ1) is 11.6. The van der Waals surface area contributed by atoms with Gasteiger partial charge < -0.3 is 4.84 Å². The Morgan fingerprint density at radius 2 is 2.04 bits per heavy atom. The predicted molar refractivity (Wildman–Crippen MR) is 87.2 cm³/mol. The molecular weight excluding hydrogens is 361 g/mol. The highest BCUT2D eigenvalue weighted by Gasteiger charge is 2.12. The fourth-order valence-electron chi connectivity index (χ4n) is 1.57. The van der Waals surface area contributed by atoms with Crippen LogP contribution in [0.3, 0.4) is 0 Å². The number of nitrogens with zero attached hydrogens (tertiary/aromatic N) is 2. The van der Waals surface area contributed by atoms with Crippen molar-refractivity contribution in [3.63, 3.8) is 0 Å². The van der Waals surface area contributed by atoms with Crippen molar-refractivity contribution < 1.29 is 22.2 Å². The summed E-state index contributed by atoms with van der Waals surface area (Å²) in [5, 5.41) is 3.79. The third-order valence-electron chi connectivity index (χ3n) is 2.74. The Morgan fingerprint density at radius 1 is 1.29 bits per heavy atom. The maximum Gasteiger partial charge on any atom is 0.301 e. The lowest BCUT2D eigenvalue weighted by atomic mass is 10.2. The Balaban J connectivity index is 1.83. The second kappa shape index (κ2) is 9.33. The molecule has 0 fully saturated rings. The number of thiazole rings is 1. The maximum absolute atomic E-state index is 12.7. The van der Waals surface area contributed by atoms with Gasteiger partial charge in [0.1, 0.15) is 6.61 Å². The number of aromatic nitrogens is 1. The molecule has 1 atom stereocenters. The molecule has 24 heavy (non-hydrogen) atoms. The predicted octanol–water partition coefficient (Wildman–Crippen LogP) is 4.27. The van der Waals surface area contributed by atoms with Gasteiger partial charge in [-0.3, -0.25) is 4.21 Å². The molecular formula is C15H13F3N2O2S2. The SMILES string of the molecule is O=S(CCC(F)=C(F)F)c1ncc(C=NOCc2ccccc2)s1. The molecule has 2 aromatic rings. The molecule has 0 N–H and O–H groups in total. The fourth-order valence-corrected chi connectivity index (χ4v) is 3.70. The minimum atomic E-state index is -2.38. The van der Waals surface area contributed by atoms with Crippen molar-refractivity contribution in [2.45, 2.75) is 17.4 Å². The van der Waals surface area contributed by atoms with Crippen molar-refractivity contribution in [3.05, 3.63) is 58.9 Å². The van der Waals surface area contributed by atoms with E-state index >= 15 is 0 Å². The molecule has 0 bridgehead atoms. The van der Waals surface area contributed by atoms with E-state index in [0.29, 0.717) is 11.5 Å². The average molecular weight is 374 g/mol. The topological polar surface area (TPSA) is 51.5 Å². The molecule has 0 aliphatic carbocycles. The molecule has 0 aliphatic rings. The fraction of sp³-hybridized carbons (Fsp3) is 0.200. The molecule has 9 heteroatoms. The van der Waals surface area contributed by atoms with E-state index in [1.165, 1.54) is 12.4 Å². The minimum Gasteiger partial charge on any atom is -0.391 e. The van der Waals surface area contributed by atoms with Crippen molar-refractivity contribution in [1.82, 2.24) is 4.98 Å². The molecule has 1 unspecified atom stereocenters. The average Bonchev–Trinajstić information content (AvgIpc) is 3.06. The monoisotopic (exact) mass is 374 g/mol. The molecule has 2 rings (SSSR count). The second-order valence-electron chi connectivity index (χ2n) is 4.49. The second-order valence-corrected chi connectivity index (χ2v) is 7.29. The lowest BCUT2D eigenvalue weighted by Crippen LogP contribution is -1.98. The molecule has 4 nitrogen and oxygen atoms in total. The number of hydrogen-bond donors (Lipinski definition) is 0. The molecule has 128 valence electrons. The first-order valence-electron chi connectivity index (χ1n) is 6.79. The zero-order chi connectivity index (χ0) is 17.4. The van der Waals surface area contributed by atoms with Crippen LogP contribution in [0.15, 0.2) is 57.9 Å². The molecule has 0 spiro atoms. The van der Waals surface area contributed by atoms with E-state index in [1.54, 1.807) is 0 Å². The Labute approximate surface area is 143 Å². The van der Waals surface area contributed by atoms with Crippen molar-refractivity contribution in [3.8, 4) is 0 Å². The van der Waals surface area contributed by atoms with Crippen LogP contribution < -0.4 is 0 Å². The van der Waals surface area contributed by atoms with Gasteiger partial charge >= 0.3 is 6.08 Å². The van der Waals surface area contributed by atoms with Gasteiger partial charge in [-0.05, 0) is 5.56 Å². The van der Waals surface area contributed by atoms with Crippen LogP contribution in [0.5, 0.6) is 0 Å². The van der Waals surface area contributed by atoms with Gasteiger partial charge in [-0.25, -0.2) is 9.37 Å². The van der Waals surface area contributed by atoms with E-state index in [1.807, 2.05) is 30.3 Å². The summed E-state index contributed by atoms with van der Waals surface area (Å²) >= 11 is 1.08. The van der Waals surface area contributed by atoms with Crippen molar-refractivity contribution in [1.29, 1.82) is 0 Å². The lowest BCUT2D eigenvalue weighted by molar-refractivity contribution is 0.132. The maximum atomic E-state index is 12.7. The standard InChI is InChI=1S/C15H13F3N2O2S2/c16-13(14(17)18)6-7-24(21)15-19-8-12(23-15)9-20-22-10-11-4-2-1-3-5-11/h1-5,8-9H,6-7,10H2. The highest BCUT2D eigenvalue weighted by atomic mass is 32.2. The normalized spacial score (nSPS) is 12.3. The Kier molecular flexibility index (Phi) is 7.13. The Bertz CT molecular complexity index is 744. The van der Waals surface area contributed by atoms with Gasteiger partial charge in [-0.15, -0.1) is 11.3 Å². The largest absolute Gasteiger partial charge is 0.391 e. The summed E-state index contributed by atoms with van der Waals surface area (Å²) < 4.78 is 48.7. The third-order valence-corrected chi connectivity index (χ3v) is 5.34. The van der Waals surface area contributed by atoms with Crippen molar-refractivity contribution >= 4 is 28.4 Å². The first kappa shape index (κ1) is 18.3. The van der Waals surface area contributed by atoms with Crippen LogP contribution in [0.4, 0.5) is 13.2 Å².